The number of nitrogens with zero attached hydrogens (tertiary/aromatic N) is 2. The second kappa shape index (κ2) is 3.38. The molecule has 0 aliphatic heterocycles. The van der Waals surface area contributed by atoms with Crippen molar-refractivity contribution < 1.29 is 0 Å². The van der Waals surface area contributed by atoms with Crippen molar-refractivity contribution in [3.63, 3.8) is 0 Å². The molecular formula is C8H10N4OS. The summed E-state index contributed by atoms with van der Waals surface area (Å²) in [6.07, 6.45) is 1.78. The molecule has 14 heavy (non-hydrogen) atoms. The summed E-state index contributed by atoms with van der Waals surface area (Å²) >= 11 is 5.05. The SMILES string of the molecule is CCCc1cc(=O)[nH]c2n[nH]c(=S)n12. The fraction of sp³-hybridized carbons (Fsp3) is 0.375. The van der Waals surface area contributed by atoms with E-state index in [1.54, 1.807) is 10.5 Å². The van der Waals surface area contributed by atoms with Gasteiger partial charge in [-0.3, -0.25) is 14.2 Å². The number of rotatable bonds is 2. The van der Waals surface area contributed by atoms with Gasteiger partial charge in [-0.2, -0.15) is 0 Å². The number of nitrogens with one attached hydrogen (secondary N) is 2. The summed E-state index contributed by atoms with van der Waals surface area (Å²) in [6.45, 7) is 2.05. The first-order chi connectivity index (χ1) is 6.72. The van der Waals surface area contributed by atoms with Crippen molar-refractivity contribution in [1.82, 2.24) is 19.6 Å². The van der Waals surface area contributed by atoms with Crippen molar-refractivity contribution in [1.29, 1.82) is 0 Å². The van der Waals surface area contributed by atoms with Gasteiger partial charge in [0, 0.05) is 11.8 Å². The molecule has 0 atom stereocenters. The van der Waals surface area contributed by atoms with Crippen LogP contribution in [0.2, 0.25) is 0 Å². The number of hydrogen-bond donors (Lipinski definition) is 2. The zero-order valence-corrected chi connectivity index (χ0v) is 8.52. The molecule has 0 aliphatic carbocycles. The molecule has 74 valence electrons. The maximum Gasteiger partial charge on any atom is 0.252 e. The van der Waals surface area contributed by atoms with Crippen LogP contribution in [-0.4, -0.2) is 19.6 Å². The van der Waals surface area contributed by atoms with Crippen LogP contribution in [0.4, 0.5) is 0 Å². The molecule has 0 aromatic carbocycles. The number of aryl methyl sites for hydroxylation is 1. The van der Waals surface area contributed by atoms with E-state index < -0.39 is 0 Å². The third-order valence-electron chi connectivity index (χ3n) is 2.00. The van der Waals surface area contributed by atoms with Crippen LogP contribution < -0.4 is 5.56 Å². The molecule has 0 saturated heterocycles. The van der Waals surface area contributed by atoms with Crippen molar-refractivity contribution in [2.75, 3.05) is 0 Å². The van der Waals surface area contributed by atoms with Crippen LogP contribution >= 0.6 is 12.2 Å². The first-order valence-electron chi connectivity index (χ1n) is 4.41. The van der Waals surface area contributed by atoms with E-state index in [4.69, 9.17) is 12.2 Å². The van der Waals surface area contributed by atoms with Gasteiger partial charge in [0.15, 0.2) is 0 Å². The number of aromatic amines is 2. The Morgan fingerprint density at radius 2 is 2.43 bits per heavy atom. The summed E-state index contributed by atoms with van der Waals surface area (Å²) in [4.78, 5) is 13.8. The monoisotopic (exact) mass is 210 g/mol. The van der Waals surface area contributed by atoms with E-state index in [-0.39, 0.29) is 5.56 Å². The Hall–Kier alpha value is -1.43. The molecule has 2 heterocycles. The van der Waals surface area contributed by atoms with Gasteiger partial charge >= 0.3 is 0 Å². The van der Waals surface area contributed by atoms with Crippen molar-refractivity contribution >= 4 is 18.0 Å². The van der Waals surface area contributed by atoms with Crippen LogP contribution in [-0.2, 0) is 6.42 Å². The van der Waals surface area contributed by atoms with Gasteiger partial charge < -0.3 is 0 Å². The minimum absolute atomic E-state index is 0.144. The second-order valence-corrected chi connectivity index (χ2v) is 3.45. The zero-order valence-electron chi connectivity index (χ0n) is 7.70. The normalized spacial score (nSPS) is 10.9. The summed E-state index contributed by atoms with van der Waals surface area (Å²) in [6, 6.07) is 1.56. The first kappa shape index (κ1) is 9.14. The minimum atomic E-state index is -0.144. The van der Waals surface area contributed by atoms with Gasteiger partial charge in [0.05, 0.1) is 0 Å². The van der Waals surface area contributed by atoms with Crippen LogP contribution in [0.25, 0.3) is 5.78 Å². The Morgan fingerprint density at radius 3 is 3.14 bits per heavy atom. The van der Waals surface area contributed by atoms with E-state index >= 15 is 0 Å². The topological polar surface area (TPSA) is 66.0 Å². The molecule has 0 bridgehead atoms. The van der Waals surface area contributed by atoms with Gasteiger partial charge in [-0.15, -0.1) is 5.10 Å². The van der Waals surface area contributed by atoms with Gasteiger partial charge in [0.2, 0.25) is 10.5 Å². The molecule has 0 fully saturated rings. The van der Waals surface area contributed by atoms with E-state index in [1.807, 2.05) is 0 Å². The number of H-pyrrole nitrogens is 2. The molecule has 0 unspecified atom stereocenters. The van der Waals surface area contributed by atoms with Gasteiger partial charge in [-0.1, -0.05) is 13.3 Å². The van der Waals surface area contributed by atoms with E-state index in [0.717, 1.165) is 18.5 Å². The van der Waals surface area contributed by atoms with Crippen molar-refractivity contribution in [2.45, 2.75) is 19.8 Å². The predicted octanol–water partition coefficient (Wildman–Crippen LogP) is 1.03. The number of aromatic nitrogens is 4. The summed E-state index contributed by atoms with van der Waals surface area (Å²) < 4.78 is 2.26. The Balaban J connectivity index is 2.83. The zero-order chi connectivity index (χ0) is 10.1. The number of hydrogen-bond acceptors (Lipinski definition) is 3. The lowest BCUT2D eigenvalue weighted by Gasteiger charge is -2.00. The fourth-order valence-electron chi connectivity index (χ4n) is 1.45. The molecule has 0 aliphatic rings. The smallest absolute Gasteiger partial charge is 0.252 e. The maximum absolute atomic E-state index is 11.2. The minimum Gasteiger partial charge on any atom is -0.291 e. The molecule has 0 amide bonds. The number of fused-ring (bicyclic) bond motifs is 1. The highest BCUT2D eigenvalue weighted by Gasteiger charge is 2.04. The van der Waals surface area contributed by atoms with Crippen LogP contribution in [0.5, 0.6) is 0 Å². The van der Waals surface area contributed by atoms with E-state index in [9.17, 15) is 4.79 Å². The average molecular weight is 210 g/mol. The summed E-state index contributed by atoms with van der Waals surface area (Å²) in [5, 5.41) is 6.56. The van der Waals surface area contributed by atoms with Gasteiger partial charge in [0.25, 0.3) is 5.56 Å². The highest BCUT2D eigenvalue weighted by Crippen LogP contribution is 2.03. The Morgan fingerprint density at radius 1 is 1.64 bits per heavy atom. The molecule has 2 aromatic rings. The molecule has 6 heteroatoms. The second-order valence-electron chi connectivity index (χ2n) is 3.06. The summed E-state index contributed by atoms with van der Waals surface area (Å²) in [7, 11) is 0. The van der Waals surface area contributed by atoms with E-state index in [2.05, 4.69) is 22.1 Å². The van der Waals surface area contributed by atoms with Crippen LogP contribution in [0.3, 0.4) is 0 Å². The Labute approximate surface area is 84.8 Å². The van der Waals surface area contributed by atoms with Crippen molar-refractivity contribution in [3.05, 3.63) is 26.9 Å². The molecule has 0 radical (unpaired) electrons. The van der Waals surface area contributed by atoms with E-state index in [1.165, 1.54) is 0 Å². The highest BCUT2D eigenvalue weighted by atomic mass is 32.1. The standard InChI is InChI=1S/C8H10N4OS/c1-2-3-5-4-6(13)9-7-10-11-8(14)12(5)7/h4H,2-3H2,1H3,(H,11,14)(H,9,10,13). The first-order valence-corrected chi connectivity index (χ1v) is 4.82. The molecule has 2 rings (SSSR count). The lowest BCUT2D eigenvalue weighted by molar-refractivity contribution is 0.840. The maximum atomic E-state index is 11.2. The largest absolute Gasteiger partial charge is 0.291 e. The average Bonchev–Trinajstić information content (AvgIpc) is 2.48. The van der Waals surface area contributed by atoms with Crippen LogP contribution in [0.1, 0.15) is 19.0 Å². The van der Waals surface area contributed by atoms with Crippen LogP contribution in [0, 0.1) is 4.77 Å². The van der Waals surface area contributed by atoms with Gasteiger partial charge in [0.1, 0.15) is 0 Å². The van der Waals surface area contributed by atoms with Crippen molar-refractivity contribution in [3.8, 4) is 0 Å². The van der Waals surface area contributed by atoms with Crippen LogP contribution in [0.15, 0.2) is 10.9 Å². The summed E-state index contributed by atoms with van der Waals surface area (Å²) in [5.41, 5.74) is 0.750. The van der Waals surface area contributed by atoms with Gasteiger partial charge in [-0.25, -0.2) is 5.10 Å². The quantitative estimate of drug-likeness (QED) is 0.728. The molecule has 2 aromatic heterocycles. The molecule has 5 nitrogen and oxygen atoms in total. The Bertz CT molecular complexity index is 564. The van der Waals surface area contributed by atoms with Crippen molar-refractivity contribution in [2.24, 2.45) is 0 Å². The fourth-order valence-corrected chi connectivity index (χ4v) is 1.70. The highest BCUT2D eigenvalue weighted by molar-refractivity contribution is 7.71. The van der Waals surface area contributed by atoms with E-state index in [0.29, 0.717) is 10.5 Å². The molecular weight excluding hydrogens is 200 g/mol. The van der Waals surface area contributed by atoms with Gasteiger partial charge in [-0.05, 0) is 18.6 Å². The third-order valence-corrected chi connectivity index (χ3v) is 2.27. The molecule has 0 spiro atoms. The lowest BCUT2D eigenvalue weighted by atomic mass is 10.2. The molecule has 0 saturated carbocycles. The Kier molecular flexibility index (Phi) is 2.20. The lowest BCUT2D eigenvalue weighted by Crippen LogP contribution is -2.11. The third kappa shape index (κ3) is 1.37. The summed E-state index contributed by atoms with van der Waals surface area (Å²) in [5.74, 6) is 0.478. The predicted molar refractivity (Wildman–Crippen MR) is 55.0 cm³/mol. The molecule has 2 N–H and O–H groups in total.